The lowest BCUT2D eigenvalue weighted by atomic mass is 9.96. The van der Waals surface area contributed by atoms with E-state index in [0.29, 0.717) is 12.0 Å². The second-order valence-corrected chi connectivity index (χ2v) is 5.76. The molecular formula is C16H25N. The first-order chi connectivity index (χ1) is 8.16. The number of aryl methyl sites for hydroxylation is 3. The Hall–Kier alpha value is -0.820. The van der Waals surface area contributed by atoms with Crippen molar-refractivity contribution >= 4 is 0 Å². The van der Waals surface area contributed by atoms with Gasteiger partial charge in [-0.15, -0.1) is 0 Å². The summed E-state index contributed by atoms with van der Waals surface area (Å²) in [5.41, 5.74) is 10.7. The summed E-state index contributed by atoms with van der Waals surface area (Å²) in [5, 5.41) is 0. The van der Waals surface area contributed by atoms with E-state index >= 15 is 0 Å². The van der Waals surface area contributed by atoms with Crippen molar-refractivity contribution in [2.24, 2.45) is 11.7 Å². The molecule has 1 aromatic rings. The molecule has 0 saturated heterocycles. The third-order valence-corrected chi connectivity index (χ3v) is 4.02. The van der Waals surface area contributed by atoms with Crippen LogP contribution in [0.15, 0.2) is 18.2 Å². The van der Waals surface area contributed by atoms with Crippen molar-refractivity contribution in [2.75, 3.05) is 0 Å². The molecule has 94 valence electrons. The van der Waals surface area contributed by atoms with Crippen LogP contribution < -0.4 is 5.73 Å². The van der Waals surface area contributed by atoms with Crippen LogP contribution in [0.5, 0.6) is 0 Å². The van der Waals surface area contributed by atoms with Gasteiger partial charge in [0.25, 0.3) is 0 Å². The number of benzene rings is 1. The minimum absolute atomic E-state index is 0.365. The Bertz CT molecular complexity index is 368. The Morgan fingerprint density at radius 3 is 2.71 bits per heavy atom. The second kappa shape index (κ2) is 5.68. The van der Waals surface area contributed by atoms with Crippen LogP contribution in [0.2, 0.25) is 0 Å². The van der Waals surface area contributed by atoms with E-state index in [0.717, 1.165) is 6.42 Å². The molecule has 2 N–H and O–H groups in total. The molecule has 2 rings (SSSR count). The molecule has 0 aromatic heterocycles. The summed E-state index contributed by atoms with van der Waals surface area (Å²) >= 11 is 0. The topological polar surface area (TPSA) is 26.0 Å². The van der Waals surface area contributed by atoms with E-state index in [1.807, 2.05) is 0 Å². The van der Waals surface area contributed by atoms with Crippen molar-refractivity contribution in [1.82, 2.24) is 0 Å². The molecule has 1 heteroatoms. The second-order valence-electron chi connectivity index (χ2n) is 5.76. The van der Waals surface area contributed by atoms with Crippen molar-refractivity contribution in [1.29, 1.82) is 0 Å². The van der Waals surface area contributed by atoms with Crippen molar-refractivity contribution < 1.29 is 0 Å². The lowest BCUT2D eigenvalue weighted by Crippen LogP contribution is -2.26. The van der Waals surface area contributed by atoms with Crippen LogP contribution >= 0.6 is 0 Å². The van der Waals surface area contributed by atoms with E-state index in [4.69, 9.17) is 5.73 Å². The largest absolute Gasteiger partial charge is 0.327 e. The summed E-state index contributed by atoms with van der Waals surface area (Å²) in [5.74, 6) is 0.607. The molecular weight excluding hydrogens is 206 g/mol. The molecule has 0 heterocycles. The fourth-order valence-corrected chi connectivity index (χ4v) is 2.66. The number of hydrogen-bond donors (Lipinski definition) is 1. The van der Waals surface area contributed by atoms with E-state index in [-0.39, 0.29) is 0 Å². The molecule has 0 saturated carbocycles. The summed E-state index contributed by atoms with van der Waals surface area (Å²) in [7, 11) is 0. The SMILES string of the molecule is CC(C)C(N)CCCc1ccc2c(c1)CCC2. The first kappa shape index (κ1) is 12.6. The third kappa shape index (κ3) is 3.32. The van der Waals surface area contributed by atoms with Gasteiger partial charge in [0.15, 0.2) is 0 Å². The third-order valence-electron chi connectivity index (χ3n) is 4.02. The molecule has 0 amide bonds. The van der Waals surface area contributed by atoms with Crippen LogP contribution in [0.4, 0.5) is 0 Å². The Kier molecular flexibility index (Phi) is 4.22. The molecule has 0 radical (unpaired) electrons. The average molecular weight is 231 g/mol. The Morgan fingerprint density at radius 2 is 1.94 bits per heavy atom. The maximum atomic E-state index is 6.07. The minimum Gasteiger partial charge on any atom is -0.327 e. The molecule has 17 heavy (non-hydrogen) atoms. The zero-order chi connectivity index (χ0) is 12.3. The molecule has 0 spiro atoms. The first-order valence-electron chi connectivity index (χ1n) is 7.03. The van der Waals surface area contributed by atoms with Crippen LogP contribution in [-0.2, 0) is 19.3 Å². The highest BCUT2D eigenvalue weighted by Crippen LogP contribution is 2.23. The zero-order valence-electron chi connectivity index (χ0n) is 11.2. The highest BCUT2D eigenvalue weighted by molar-refractivity contribution is 5.35. The monoisotopic (exact) mass is 231 g/mol. The van der Waals surface area contributed by atoms with Gasteiger partial charge in [0, 0.05) is 6.04 Å². The van der Waals surface area contributed by atoms with E-state index in [1.54, 1.807) is 11.1 Å². The number of nitrogens with two attached hydrogens (primary N) is 1. The highest BCUT2D eigenvalue weighted by Gasteiger charge is 2.11. The van der Waals surface area contributed by atoms with Crippen molar-refractivity contribution in [3.63, 3.8) is 0 Å². The maximum Gasteiger partial charge on any atom is 0.00620 e. The van der Waals surface area contributed by atoms with E-state index in [9.17, 15) is 0 Å². The fourth-order valence-electron chi connectivity index (χ4n) is 2.66. The predicted octanol–water partition coefficient (Wildman–Crippen LogP) is 3.48. The fraction of sp³-hybridized carbons (Fsp3) is 0.625. The Balaban J connectivity index is 1.83. The van der Waals surface area contributed by atoms with E-state index in [1.165, 1.54) is 37.7 Å². The van der Waals surface area contributed by atoms with Crippen LogP contribution in [0.3, 0.4) is 0 Å². The van der Waals surface area contributed by atoms with Gasteiger partial charge in [0.1, 0.15) is 0 Å². The summed E-state index contributed by atoms with van der Waals surface area (Å²) in [4.78, 5) is 0. The molecule has 1 aromatic carbocycles. The number of fused-ring (bicyclic) bond motifs is 1. The molecule has 0 aliphatic heterocycles. The maximum absolute atomic E-state index is 6.07. The van der Waals surface area contributed by atoms with Gasteiger partial charge in [0.2, 0.25) is 0 Å². The summed E-state index contributed by atoms with van der Waals surface area (Å²) in [6.45, 7) is 4.42. The van der Waals surface area contributed by atoms with Crippen LogP contribution in [-0.4, -0.2) is 6.04 Å². The van der Waals surface area contributed by atoms with Crippen molar-refractivity contribution in [2.45, 2.75) is 58.4 Å². The molecule has 1 aliphatic carbocycles. The molecule has 1 unspecified atom stereocenters. The lowest BCUT2D eigenvalue weighted by molar-refractivity contribution is 0.452. The van der Waals surface area contributed by atoms with Gasteiger partial charge in [-0.1, -0.05) is 32.0 Å². The quantitative estimate of drug-likeness (QED) is 0.825. The molecule has 1 atom stereocenters. The van der Waals surface area contributed by atoms with Gasteiger partial charge >= 0.3 is 0 Å². The number of rotatable bonds is 5. The lowest BCUT2D eigenvalue weighted by Gasteiger charge is -2.15. The van der Waals surface area contributed by atoms with Crippen molar-refractivity contribution in [3.8, 4) is 0 Å². The van der Waals surface area contributed by atoms with Gasteiger partial charge in [-0.3, -0.25) is 0 Å². The molecule has 0 bridgehead atoms. The van der Waals surface area contributed by atoms with E-state index < -0.39 is 0 Å². The Morgan fingerprint density at radius 1 is 1.18 bits per heavy atom. The normalized spacial score (nSPS) is 16.2. The van der Waals surface area contributed by atoms with Gasteiger partial charge in [-0.25, -0.2) is 0 Å². The molecule has 0 fully saturated rings. The Labute approximate surface area is 105 Å². The predicted molar refractivity (Wildman–Crippen MR) is 74.2 cm³/mol. The zero-order valence-corrected chi connectivity index (χ0v) is 11.2. The average Bonchev–Trinajstić information content (AvgIpc) is 2.75. The van der Waals surface area contributed by atoms with Crippen LogP contribution in [0.25, 0.3) is 0 Å². The van der Waals surface area contributed by atoms with Gasteiger partial charge in [-0.2, -0.15) is 0 Å². The molecule has 1 aliphatic rings. The number of hydrogen-bond acceptors (Lipinski definition) is 1. The van der Waals surface area contributed by atoms with E-state index in [2.05, 4.69) is 32.0 Å². The summed E-state index contributed by atoms with van der Waals surface area (Å²) in [6.07, 6.45) is 7.47. The van der Waals surface area contributed by atoms with Crippen molar-refractivity contribution in [3.05, 3.63) is 34.9 Å². The smallest absolute Gasteiger partial charge is 0.00620 e. The standard InChI is InChI=1S/C16H25N/c1-12(2)16(17)8-3-5-13-9-10-14-6-4-7-15(14)11-13/h9-12,16H,3-8,17H2,1-2H3. The first-order valence-corrected chi connectivity index (χ1v) is 7.03. The summed E-state index contributed by atoms with van der Waals surface area (Å²) in [6, 6.07) is 7.43. The van der Waals surface area contributed by atoms with Gasteiger partial charge < -0.3 is 5.73 Å². The van der Waals surface area contributed by atoms with Gasteiger partial charge in [-0.05, 0) is 61.1 Å². The minimum atomic E-state index is 0.365. The molecule has 1 nitrogen and oxygen atoms in total. The highest BCUT2D eigenvalue weighted by atomic mass is 14.6. The summed E-state index contributed by atoms with van der Waals surface area (Å²) < 4.78 is 0. The van der Waals surface area contributed by atoms with Crippen LogP contribution in [0, 0.1) is 5.92 Å². The van der Waals surface area contributed by atoms with Gasteiger partial charge in [0.05, 0.1) is 0 Å². The van der Waals surface area contributed by atoms with Crippen LogP contribution in [0.1, 0.15) is 49.8 Å².